The third-order valence-electron chi connectivity index (χ3n) is 3.51. The number of carbonyl (C=O) groups is 1. The monoisotopic (exact) mass is 364 g/mol. The van der Waals surface area contributed by atoms with Gasteiger partial charge in [-0.15, -0.1) is 10.2 Å². The molecular formula is C16H20N4O2S2. The van der Waals surface area contributed by atoms with Crippen LogP contribution in [-0.2, 0) is 9.53 Å². The molecule has 1 aromatic carbocycles. The van der Waals surface area contributed by atoms with E-state index in [9.17, 15) is 4.79 Å². The van der Waals surface area contributed by atoms with E-state index >= 15 is 0 Å². The Hall–Kier alpha value is -1.64. The average Bonchev–Trinajstić information content (AvgIpc) is 3.01. The van der Waals surface area contributed by atoms with Gasteiger partial charge in [0.05, 0.1) is 6.10 Å². The van der Waals surface area contributed by atoms with Gasteiger partial charge in [0.2, 0.25) is 11.0 Å². The summed E-state index contributed by atoms with van der Waals surface area (Å²) in [5.74, 6) is 0.832. The van der Waals surface area contributed by atoms with Gasteiger partial charge in [-0.3, -0.25) is 4.79 Å². The SMILES string of the molecule is CC(=O)Nc1cccc(Nc2nnc(SCC3CCCCO3)s2)c1. The summed E-state index contributed by atoms with van der Waals surface area (Å²) in [6, 6.07) is 7.52. The van der Waals surface area contributed by atoms with Gasteiger partial charge < -0.3 is 15.4 Å². The fourth-order valence-corrected chi connectivity index (χ4v) is 4.29. The first-order chi connectivity index (χ1) is 11.7. The van der Waals surface area contributed by atoms with Gasteiger partial charge in [-0.2, -0.15) is 0 Å². The van der Waals surface area contributed by atoms with E-state index in [2.05, 4.69) is 20.8 Å². The summed E-state index contributed by atoms with van der Waals surface area (Å²) < 4.78 is 6.67. The van der Waals surface area contributed by atoms with Crippen molar-refractivity contribution in [3.8, 4) is 0 Å². The van der Waals surface area contributed by atoms with Crippen molar-refractivity contribution in [1.29, 1.82) is 0 Å². The molecule has 24 heavy (non-hydrogen) atoms. The summed E-state index contributed by atoms with van der Waals surface area (Å²) in [6.07, 6.45) is 3.88. The molecule has 1 aliphatic rings. The molecule has 0 radical (unpaired) electrons. The number of hydrogen-bond donors (Lipinski definition) is 2. The zero-order valence-electron chi connectivity index (χ0n) is 13.4. The first kappa shape index (κ1) is 17.2. The molecule has 128 valence electrons. The second-order valence-electron chi connectivity index (χ2n) is 5.56. The maximum atomic E-state index is 11.1. The molecule has 0 aliphatic carbocycles. The zero-order valence-corrected chi connectivity index (χ0v) is 15.1. The van der Waals surface area contributed by atoms with Crippen LogP contribution in [0.3, 0.4) is 0 Å². The Bertz CT molecular complexity index is 686. The van der Waals surface area contributed by atoms with E-state index < -0.39 is 0 Å². The molecule has 2 aromatic rings. The maximum absolute atomic E-state index is 11.1. The molecule has 2 N–H and O–H groups in total. The molecular weight excluding hydrogens is 344 g/mol. The minimum atomic E-state index is -0.0910. The largest absolute Gasteiger partial charge is 0.377 e. The highest BCUT2D eigenvalue weighted by molar-refractivity contribution is 8.01. The highest BCUT2D eigenvalue weighted by Crippen LogP contribution is 2.30. The van der Waals surface area contributed by atoms with Crippen LogP contribution in [-0.4, -0.2) is 34.6 Å². The molecule has 1 aliphatic heterocycles. The molecule has 0 spiro atoms. The Kier molecular flexibility index (Phi) is 6.06. The molecule has 1 unspecified atom stereocenters. The molecule has 1 aromatic heterocycles. The van der Waals surface area contributed by atoms with Crippen molar-refractivity contribution in [3.63, 3.8) is 0 Å². The van der Waals surface area contributed by atoms with Gasteiger partial charge in [0.1, 0.15) is 0 Å². The quantitative estimate of drug-likeness (QED) is 0.757. The van der Waals surface area contributed by atoms with E-state index in [1.165, 1.54) is 31.1 Å². The van der Waals surface area contributed by atoms with Crippen LogP contribution in [0.2, 0.25) is 0 Å². The standard InChI is InChI=1S/C16H20N4O2S2/c1-11(21)17-12-5-4-6-13(9-12)18-15-19-20-16(24-15)23-10-14-7-2-3-8-22-14/h4-6,9,14H,2-3,7-8,10H2,1H3,(H,17,21)(H,18,19). The predicted octanol–water partition coefficient (Wildman–Crippen LogP) is 3.90. The predicted molar refractivity (Wildman–Crippen MR) is 98.3 cm³/mol. The Morgan fingerprint density at radius 3 is 3.04 bits per heavy atom. The Morgan fingerprint density at radius 2 is 2.25 bits per heavy atom. The first-order valence-corrected chi connectivity index (χ1v) is 9.72. The van der Waals surface area contributed by atoms with Gasteiger partial charge in [0.25, 0.3) is 0 Å². The van der Waals surface area contributed by atoms with Crippen molar-refractivity contribution in [2.45, 2.75) is 36.6 Å². The zero-order chi connectivity index (χ0) is 16.8. The number of anilines is 3. The normalized spacial score (nSPS) is 17.5. The second-order valence-corrected chi connectivity index (χ2v) is 7.80. The van der Waals surface area contributed by atoms with Crippen LogP contribution in [0, 0.1) is 0 Å². The minimum absolute atomic E-state index is 0.0910. The summed E-state index contributed by atoms with van der Waals surface area (Å²) >= 11 is 3.22. The molecule has 0 saturated carbocycles. The molecule has 1 amide bonds. The van der Waals surface area contributed by atoms with E-state index in [4.69, 9.17) is 4.74 Å². The van der Waals surface area contributed by atoms with E-state index in [0.717, 1.165) is 39.6 Å². The molecule has 6 nitrogen and oxygen atoms in total. The summed E-state index contributed by atoms with van der Waals surface area (Å²) in [4.78, 5) is 11.1. The molecule has 1 atom stereocenters. The van der Waals surface area contributed by atoms with Crippen LogP contribution in [0.4, 0.5) is 16.5 Å². The summed E-state index contributed by atoms with van der Waals surface area (Å²) in [5, 5.41) is 15.1. The minimum Gasteiger partial charge on any atom is -0.377 e. The average molecular weight is 364 g/mol. The number of ether oxygens (including phenoxy) is 1. The van der Waals surface area contributed by atoms with Crippen molar-refractivity contribution in [2.24, 2.45) is 0 Å². The lowest BCUT2D eigenvalue weighted by Crippen LogP contribution is -2.21. The lowest BCUT2D eigenvalue weighted by atomic mass is 10.1. The number of nitrogens with one attached hydrogen (secondary N) is 2. The van der Waals surface area contributed by atoms with Gasteiger partial charge >= 0.3 is 0 Å². The third-order valence-corrected chi connectivity index (χ3v) is 5.61. The number of benzene rings is 1. The van der Waals surface area contributed by atoms with Gasteiger partial charge in [0, 0.05) is 30.7 Å². The Labute approximate surface area is 149 Å². The van der Waals surface area contributed by atoms with E-state index in [1.807, 2.05) is 24.3 Å². The molecule has 1 fully saturated rings. The maximum Gasteiger partial charge on any atom is 0.221 e. The summed E-state index contributed by atoms with van der Waals surface area (Å²) in [6.45, 7) is 2.36. The van der Waals surface area contributed by atoms with E-state index in [0.29, 0.717) is 6.10 Å². The highest BCUT2D eigenvalue weighted by Gasteiger charge is 2.15. The Morgan fingerprint density at radius 1 is 1.38 bits per heavy atom. The van der Waals surface area contributed by atoms with Gasteiger partial charge in [0.15, 0.2) is 4.34 Å². The summed E-state index contributed by atoms with van der Waals surface area (Å²) in [7, 11) is 0. The number of rotatable bonds is 6. The number of amides is 1. The fourth-order valence-electron chi connectivity index (χ4n) is 2.42. The van der Waals surface area contributed by atoms with Crippen LogP contribution in [0.15, 0.2) is 28.6 Å². The first-order valence-electron chi connectivity index (χ1n) is 7.91. The number of aromatic nitrogens is 2. The van der Waals surface area contributed by atoms with Crippen LogP contribution in [0.5, 0.6) is 0 Å². The van der Waals surface area contributed by atoms with Crippen molar-refractivity contribution >= 4 is 45.5 Å². The van der Waals surface area contributed by atoms with Gasteiger partial charge in [-0.1, -0.05) is 29.2 Å². The van der Waals surface area contributed by atoms with Crippen LogP contribution < -0.4 is 10.6 Å². The topological polar surface area (TPSA) is 76.1 Å². The van der Waals surface area contributed by atoms with E-state index in [1.54, 1.807) is 11.8 Å². The fraction of sp³-hybridized carbons (Fsp3) is 0.438. The molecule has 8 heteroatoms. The van der Waals surface area contributed by atoms with Crippen LogP contribution in [0.25, 0.3) is 0 Å². The lowest BCUT2D eigenvalue weighted by Gasteiger charge is -2.21. The van der Waals surface area contributed by atoms with Crippen LogP contribution >= 0.6 is 23.1 Å². The van der Waals surface area contributed by atoms with Gasteiger partial charge in [-0.05, 0) is 37.5 Å². The van der Waals surface area contributed by atoms with Crippen molar-refractivity contribution in [2.75, 3.05) is 23.0 Å². The van der Waals surface area contributed by atoms with Crippen molar-refractivity contribution in [3.05, 3.63) is 24.3 Å². The number of nitrogens with zero attached hydrogens (tertiary/aromatic N) is 2. The lowest BCUT2D eigenvalue weighted by molar-refractivity contribution is -0.114. The number of carbonyl (C=O) groups excluding carboxylic acids is 1. The van der Waals surface area contributed by atoms with Gasteiger partial charge in [-0.25, -0.2) is 0 Å². The Balaban J connectivity index is 1.54. The molecule has 1 saturated heterocycles. The van der Waals surface area contributed by atoms with E-state index in [-0.39, 0.29) is 5.91 Å². The molecule has 2 heterocycles. The smallest absolute Gasteiger partial charge is 0.221 e. The number of hydrogen-bond acceptors (Lipinski definition) is 7. The summed E-state index contributed by atoms with van der Waals surface area (Å²) in [5.41, 5.74) is 1.62. The molecule has 3 rings (SSSR count). The highest BCUT2D eigenvalue weighted by atomic mass is 32.2. The third kappa shape index (κ3) is 5.19. The van der Waals surface area contributed by atoms with Crippen molar-refractivity contribution < 1.29 is 9.53 Å². The van der Waals surface area contributed by atoms with Crippen LogP contribution in [0.1, 0.15) is 26.2 Å². The number of thioether (sulfide) groups is 1. The molecule has 0 bridgehead atoms. The second kappa shape index (κ2) is 8.46. The van der Waals surface area contributed by atoms with Crippen molar-refractivity contribution in [1.82, 2.24) is 10.2 Å².